The van der Waals surface area contributed by atoms with Crippen LogP contribution in [0.2, 0.25) is 0 Å². The normalized spacial score (nSPS) is 11.9. The molecule has 0 aliphatic rings. The second kappa shape index (κ2) is 5.85. The van der Waals surface area contributed by atoms with Crippen LogP contribution in [0, 0.1) is 0 Å². The molecule has 86 valence electrons. The number of hydrogen-bond donors (Lipinski definition) is 3. The Morgan fingerprint density at radius 1 is 1.40 bits per heavy atom. The number of hydrogen-bond acceptors (Lipinski definition) is 4. The number of nitrogens with one attached hydrogen (secondary N) is 1. The minimum absolute atomic E-state index is 0.0564. The van der Waals surface area contributed by atoms with Crippen LogP contribution in [0.4, 0.5) is 0 Å². The summed E-state index contributed by atoms with van der Waals surface area (Å²) in [5, 5.41) is 25.6. The fourth-order valence-electron chi connectivity index (χ4n) is 1.38. The molecular formula is C10H19N3O2. The molecule has 0 atom stereocenters. The van der Waals surface area contributed by atoms with Gasteiger partial charge in [0.2, 0.25) is 0 Å². The average molecular weight is 213 g/mol. The molecule has 0 aliphatic heterocycles. The van der Waals surface area contributed by atoms with E-state index in [4.69, 9.17) is 0 Å². The third-order valence-corrected chi connectivity index (χ3v) is 2.68. The molecule has 0 fully saturated rings. The first kappa shape index (κ1) is 12.2. The van der Waals surface area contributed by atoms with Crippen molar-refractivity contribution in [1.29, 1.82) is 0 Å². The molecule has 0 bridgehead atoms. The molecule has 0 aromatic carbocycles. The van der Waals surface area contributed by atoms with Gasteiger partial charge < -0.3 is 15.5 Å². The Morgan fingerprint density at radius 2 is 2.13 bits per heavy atom. The second-order valence-electron chi connectivity index (χ2n) is 3.65. The number of aromatic nitrogens is 2. The maximum absolute atomic E-state index is 9.19. The SMILES string of the molecule is CCC(CO)(CO)NCCn1cccn1. The predicted molar refractivity (Wildman–Crippen MR) is 57.4 cm³/mol. The third kappa shape index (κ3) is 3.30. The summed E-state index contributed by atoms with van der Waals surface area (Å²) in [6, 6.07) is 1.87. The van der Waals surface area contributed by atoms with Crippen LogP contribution in [0.5, 0.6) is 0 Å². The van der Waals surface area contributed by atoms with Gasteiger partial charge in [-0.25, -0.2) is 0 Å². The van der Waals surface area contributed by atoms with E-state index in [9.17, 15) is 10.2 Å². The maximum atomic E-state index is 9.19. The van der Waals surface area contributed by atoms with Gasteiger partial charge in [0.05, 0.1) is 25.3 Å². The summed E-state index contributed by atoms with van der Waals surface area (Å²) in [6.07, 6.45) is 4.30. The zero-order valence-corrected chi connectivity index (χ0v) is 9.06. The minimum Gasteiger partial charge on any atom is -0.394 e. The second-order valence-corrected chi connectivity index (χ2v) is 3.65. The summed E-state index contributed by atoms with van der Waals surface area (Å²) in [4.78, 5) is 0. The molecule has 0 amide bonds. The molecule has 1 aromatic heterocycles. The Labute approximate surface area is 89.7 Å². The molecule has 0 aliphatic carbocycles. The van der Waals surface area contributed by atoms with Crippen LogP contribution in [0.15, 0.2) is 18.5 Å². The fraction of sp³-hybridized carbons (Fsp3) is 0.700. The van der Waals surface area contributed by atoms with Gasteiger partial charge in [0.25, 0.3) is 0 Å². The number of aliphatic hydroxyl groups is 2. The standard InChI is InChI=1S/C10H19N3O2/c1-2-10(8-14,9-15)11-5-7-13-6-3-4-12-13/h3-4,6,11,14-15H,2,5,7-9H2,1H3. The smallest absolute Gasteiger partial charge is 0.0646 e. The quantitative estimate of drug-likeness (QED) is 0.577. The Bertz CT molecular complexity index is 249. The molecule has 1 rings (SSSR count). The molecule has 5 heteroatoms. The van der Waals surface area contributed by atoms with Gasteiger partial charge in [-0.2, -0.15) is 5.10 Å². The molecule has 3 N–H and O–H groups in total. The predicted octanol–water partition coefficient (Wildman–Crippen LogP) is -0.394. The average Bonchev–Trinajstić information content (AvgIpc) is 2.78. The van der Waals surface area contributed by atoms with Crippen molar-refractivity contribution in [2.24, 2.45) is 0 Å². The molecule has 5 nitrogen and oxygen atoms in total. The summed E-state index contributed by atoms with van der Waals surface area (Å²) >= 11 is 0. The van der Waals surface area contributed by atoms with Crippen LogP contribution in [0.3, 0.4) is 0 Å². The van der Waals surface area contributed by atoms with Gasteiger partial charge in [0.15, 0.2) is 0 Å². The lowest BCUT2D eigenvalue weighted by Crippen LogP contribution is -2.52. The summed E-state index contributed by atoms with van der Waals surface area (Å²) in [6.45, 7) is 3.23. The van der Waals surface area contributed by atoms with E-state index in [0.29, 0.717) is 13.0 Å². The van der Waals surface area contributed by atoms with E-state index in [1.807, 2.05) is 23.9 Å². The van der Waals surface area contributed by atoms with Crippen LogP contribution in [-0.4, -0.2) is 45.3 Å². The first-order valence-electron chi connectivity index (χ1n) is 5.20. The van der Waals surface area contributed by atoms with Crippen molar-refractivity contribution >= 4 is 0 Å². The highest BCUT2D eigenvalue weighted by molar-refractivity contribution is 4.85. The number of rotatable bonds is 7. The number of aliphatic hydroxyl groups excluding tert-OH is 2. The molecule has 0 spiro atoms. The molecule has 0 saturated heterocycles. The topological polar surface area (TPSA) is 70.3 Å². The van der Waals surface area contributed by atoms with Gasteiger partial charge in [-0.15, -0.1) is 0 Å². The van der Waals surface area contributed by atoms with E-state index in [0.717, 1.165) is 6.54 Å². The van der Waals surface area contributed by atoms with Crippen LogP contribution in [0.1, 0.15) is 13.3 Å². The third-order valence-electron chi connectivity index (χ3n) is 2.68. The largest absolute Gasteiger partial charge is 0.394 e. The highest BCUT2D eigenvalue weighted by Gasteiger charge is 2.25. The van der Waals surface area contributed by atoms with Crippen molar-refractivity contribution in [2.75, 3.05) is 19.8 Å². The first-order chi connectivity index (χ1) is 7.26. The van der Waals surface area contributed by atoms with Gasteiger partial charge in [-0.1, -0.05) is 6.92 Å². The Kier molecular flexibility index (Phi) is 4.74. The number of nitrogens with zero attached hydrogens (tertiary/aromatic N) is 2. The van der Waals surface area contributed by atoms with Gasteiger partial charge in [0, 0.05) is 18.9 Å². The maximum Gasteiger partial charge on any atom is 0.0646 e. The zero-order chi connectivity index (χ0) is 11.1. The van der Waals surface area contributed by atoms with Crippen LogP contribution >= 0.6 is 0 Å². The zero-order valence-electron chi connectivity index (χ0n) is 9.06. The van der Waals surface area contributed by atoms with Crippen LogP contribution in [-0.2, 0) is 6.54 Å². The van der Waals surface area contributed by atoms with Crippen molar-refractivity contribution in [3.63, 3.8) is 0 Å². The van der Waals surface area contributed by atoms with E-state index in [2.05, 4.69) is 10.4 Å². The molecule has 0 saturated carbocycles. The summed E-state index contributed by atoms with van der Waals surface area (Å²) in [5.41, 5.74) is -0.562. The van der Waals surface area contributed by atoms with Gasteiger partial charge in [0.1, 0.15) is 0 Å². The lowest BCUT2D eigenvalue weighted by Gasteiger charge is -2.29. The van der Waals surface area contributed by atoms with E-state index >= 15 is 0 Å². The minimum atomic E-state index is -0.562. The fourth-order valence-corrected chi connectivity index (χ4v) is 1.38. The molecule has 0 unspecified atom stereocenters. The molecule has 0 radical (unpaired) electrons. The molecule has 1 aromatic rings. The summed E-state index contributed by atoms with van der Waals surface area (Å²) in [5.74, 6) is 0. The van der Waals surface area contributed by atoms with E-state index < -0.39 is 5.54 Å². The van der Waals surface area contributed by atoms with Crippen molar-refractivity contribution < 1.29 is 10.2 Å². The lowest BCUT2D eigenvalue weighted by molar-refractivity contribution is 0.0869. The van der Waals surface area contributed by atoms with Crippen molar-refractivity contribution in [2.45, 2.75) is 25.4 Å². The van der Waals surface area contributed by atoms with Gasteiger partial charge in [-0.05, 0) is 12.5 Å². The first-order valence-corrected chi connectivity index (χ1v) is 5.20. The summed E-state index contributed by atoms with van der Waals surface area (Å²) in [7, 11) is 0. The van der Waals surface area contributed by atoms with Gasteiger partial charge >= 0.3 is 0 Å². The van der Waals surface area contributed by atoms with E-state index in [1.54, 1.807) is 6.20 Å². The van der Waals surface area contributed by atoms with Crippen molar-refractivity contribution in [1.82, 2.24) is 15.1 Å². The van der Waals surface area contributed by atoms with E-state index in [1.165, 1.54) is 0 Å². The van der Waals surface area contributed by atoms with E-state index in [-0.39, 0.29) is 13.2 Å². The Morgan fingerprint density at radius 3 is 2.60 bits per heavy atom. The van der Waals surface area contributed by atoms with Gasteiger partial charge in [-0.3, -0.25) is 4.68 Å². The highest BCUT2D eigenvalue weighted by Crippen LogP contribution is 2.07. The lowest BCUT2D eigenvalue weighted by atomic mass is 9.99. The highest BCUT2D eigenvalue weighted by atomic mass is 16.3. The Hall–Kier alpha value is -0.910. The van der Waals surface area contributed by atoms with Crippen LogP contribution in [0.25, 0.3) is 0 Å². The molecule has 15 heavy (non-hydrogen) atoms. The monoisotopic (exact) mass is 213 g/mol. The Balaban J connectivity index is 2.34. The van der Waals surface area contributed by atoms with Crippen molar-refractivity contribution in [3.05, 3.63) is 18.5 Å². The summed E-state index contributed by atoms with van der Waals surface area (Å²) < 4.78 is 1.81. The molecular weight excluding hydrogens is 194 g/mol. The molecule has 1 heterocycles. The van der Waals surface area contributed by atoms with Crippen molar-refractivity contribution in [3.8, 4) is 0 Å². The van der Waals surface area contributed by atoms with Crippen LogP contribution < -0.4 is 5.32 Å².